The first-order valence-corrected chi connectivity index (χ1v) is 7.82. The van der Waals surface area contributed by atoms with Crippen molar-refractivity contribution in [2.45, 2.75) is 19.8 Å². The third-order valence-corrected chi connectivity index (χ3v) is 3.59. The topological polar surface area (TPSA) is 20.3 Å². The van der Waals surface area contributed by atoms with Gasteiger partial charge < -0.3 is 4.90 Å². The Balaban J connectivity index is 2.83. The van der Waals surface area contributed by atoms with E-state index in [4.69, 9.17) is 0 Å². The summed E-state index contributed by atoms with van der Waals surface area (Å²) in [4.78, 5) is 14.0. The van der Waals surface area contributed by atoms with Crippen LogP contribution in [-0.2, 0) is 0 Å². The van der Waals surface area contributed by atoms with Crippen LogP contribution in [0.25, 0.3) is 0 Å². The van der Waals surface area contributed by atoms with Crippen LogP contribution < -0.4 is 0 Å². The van der Waals surface area contributed by atoms with E-state index < -0.39 is 5.82 Å². The van der Waals surface area contributed by atoms with Crippen LogP contribution in [-0.4, -0.2) is 29.2 Å². The minimum atomic E-state index is -0.407. The zero-order valence-corrected chi connectivity index (χ0v) is 13.4. The van der Waals surface area contributed by atoms with Crippen LogP contribution in [0.4, 0.5) is 4.39 Å². The molecule has 18 heavy (non-hydrogen) atoms. The molecule has 1 amide bonds. The molecule has 0 saturated carbocycles. The Hall–Kier alpha value is -0.420. The van der Waals surface area contributed by atoms with Gasteiger partial charge in [0.05, 0.1) is 4.47 Å². The summed E-state index contributed by atoms with van der Waals surface area (Å²) in [5.74, 6) is -0.524. The predicted molar refractivity (Wildman–Crippen MR) is 78.7 cm³/mol. The molecule has 1 aromatic rings. The Kier molecular flexibility index (Phi) is 6.86. The fourth-order valence-corrected chi connectivity index (χ4v) is 2.25. The summed E-state index contributed by atoms with van der Waals surface area (Å²) in [6, 6.07) is 4.48. The van der Waals surface area contributed by atoms with Crippen molar-refractivity contribution < 1.29 is 9.18 Å². The molecule has 2 nitrogen and oxygen atoms in total. The summed E-state index contributed by atoms with van der Waals surface area (Å²) in [6.07, 6.45) is 1.98. The lowest BCUT2D eigenvalue weighted by atomic mass is 10.2. The van der Waals surface area contributed by atoms with Crippen LogP contribution in [0.2, 0.25) is 0 Å². The van der Waals surface area contributed by atoms with E-state index in [2.05, 4.69) is 38.8 Å². The van der Waals surface area contributed by atoms with Gasteiger partial charge in [0, 0.05) is 24.0 Å². The van der Waals surface area contributed by atoms with Crippen LogP contribution in [0, 0.1) is 5.82 Å². The summed E-state index contributed by atoms with van der Waals surface area (Å²) < 4.78 is 13.8. The Morgan fingerprint density at radius 2 is 2.11 bits per heavy atom. The van der Waals surface area contributed by atoms with Crippen molar-refractivity contribution in [2.75, 3.05) is 18.4 Å². The molecule has 0 atom stereocenters. The minimum absolute atomic E-state index is 0.116. The van der Waals surface area contributed by atoms with Crippen molar-refractivity contribution in [3.05, 3.63) is 34.1 Å². The summed E-state index contributed by atoms with van der Waals surface area (Å²) >= 11 is 6.41. The maximum Gasteiger partial charge on any atom is 0.253 e. The van der Waals surface area contributed by atoms with Crippen molar-refractivity contribution in [2.24, 2.45) is 0 Å². The van der Waals surface area contributed by atoms with E-state index in [9.17, 15) is 9.18 Å². The average molecular weight is 381 g/mol. The Morgan fingerprint density at radius 3 is 2.67 bits per heavy atom. The first kappa shape index (κ1) is 15.6. The van der Waals surface area contributed by atoms with Gasteiger partial charge in [-0.1, -0.05) is 29.3 Å². The zero-order valence-electron chi connectivity index (χ0n) is 10.3. The molecule has 0 aliphatic heterocycles. The molecule has 0 fully saturated rings. The van der Waals surface area contributed by atoms with Crippen molar-refractivity contribution in [3.8, 4) is 0 Å². The number of carbonyl (C=O) groups excluding carboxylic acids is 1. The Labute approximate surface area is 124 Å². The second-order valence-electron chi connectivity index (χ2n) is 3.96. The molecule has 5 heteroatoms. The van der Waals surface area contributed by atoms with E-state index in [0.29, 0.717) is 23.1 Å². The number of hydrogen-bond acceptors (Lipinski definition) is 1. The lowest BCUT2D eigenvalue weighted by Gasteiger charge is -2.21. The molecular formula is C13H16Br2FNO. The van der Waals surface area contributed by atoms with Crippen molar-refractivity contribution in [1.29, 1.82) is 0 Å². The Bertz CT molecular complexity index is 412. The molecule has 0 radical (unpaired) electrons. The smallest absolute Gasteiger partial charge is 0.253 e. The minimum Gasteiger partial charge on any atom is -0.338 e. The Morgan fingerprint density at radius 1 is 1.39 bits per heavy atom. The third-order valence-electron chi connectivity index (χ3n) is 2.59. The molecule has 0 saturated heterocycles. The van der Waals surface area contributed by atoms with Gasteiger partial charge in [-0.05, 0) is 40.5 Å². The lowest BCUT2D eigenvalue weighted by Crippen LogP contribution is -2.33. The maximum atomic E-state index is 13.4. The molecule has 1 aromatic carbocycles. The van der Waals surface area contributed by atoms with E-state index in [1.165, 1.54) is 6.07 Å². The molecule has 1 rings (SSSR count). The van der Waals surface area contributed by atoms with Crippen molar-refractivity contribution >= 4 is 37.8 Å². The van der Waals surface area contributed by atoms with E-state index in [1.807, 2.05) is 0 Å². The van der Waals surface area contributed by atoms with E-state index in [1.54, 1.807) is 17.0 Å². The summed E-state index contributed by atoms with van der Waals surface area (Å²) in [7, 11) is 0. The number of alkyl halides is 1. The SMILES string of the molecule is CCCCN(CCBr)C(=O)c1ccc(Br)c(F)c1. The second kappa shape index (κ2) is 7.89. The van der Waals surface area contributed by atoms with Gasteiger partial charge >= 0.3 is 0 Å². The largest absolute Gasteiger partial charge is 0.338 e. The van der Waals surface area contributed by atoms with Crippen LogP contribution in [0.3, 0.4) is 0 Å². The molecule has 100 valence electrons. The fourth-order valence-electron chi connectivity index (χ4n) is 1.58. The second-order valence-corrected chi connectivity index (χ2v) is 5.61. The molecule has 0 unspecified atom stereocenters. The molecule has 0 N–H and O–H groups in total. The van der Waals surface area contributed by atoms with Crippen molar-refractivity contribution in [3.63, 3.8) is 0 Å². The predicted octanol–water partition coefficient (Wildman–Crippen LogP) is 4.23. The van der Waals surface area contributed by atoms with E-state index in [-0.39, 0.29) is 5.91 Å². The number of halogens is 3. The number of carbonyl (C=O) groups is 1. The third kappa shape index (κ3) is 4.35. The van der Waals surface area contributed by atoms with Gasteiger partial charge in [0.1, 0.15) is 5.82 Å². The maximum absolute atomic E-state index is 13.4. The highest BCUT2D eigenvalue weighted by Gasteiger charge is 2.15. The van der Waals surface area contributed by atoms with Crippen LogP contribution in [0.5, 0.6) is 0 Å². The molecule has 0 aromatic heterocycles. The fraction of sp³-hybridized carbons (Fsp3) is 0.462. The van der Waals surface area contributed by atoms with Crippen LogP contribution in [0.1, 0.15) is 30.1 Å². The number of hydrogen-bond donors (Lipinski definition) is 0. The summed E-state index contributed by atoms with van der Waals surface area (Å²) in [5.41, 5.74) is 0.396. The van der Waals surface area contributed by atoms with Gasteiger partial charge in [0.15, 0.2) is 0 Å². The first-order chi connectivity index (χ1) is 8.60. The van der Waals surface area contributed by atoms with Gasteiger partial charge in [-0.25, -0.2) is 4.39 Å². The molecule has 0 aliphatic rings. The number of benzene rings is 1. The highest BCUT2D eigenvalue weighted by Crippen LogP contribution is 2.17. The van der Waals surface area contributed by atoms with Gasteiger partial charge in [0.2, 0.25) is 0 Å². The van der Waals surface area contributed by atoms with Gasteiger partial charge in [-0.2, -0.15) is 0 Å². The average Bonchev–Trinajstić information content (AvgIpc) is 2.37. The normalized spacial score (nSPS) is 10.4. The standard InChI is InChI=1S/C13H16Br2FNO/c1-2-3-7-17(8-6-14)13(18)10-4-5-11(15)12(16)9-10/h4-5,9H,2-3,6-8H2,1H3. The van der Waals surface area contributed by atoms with Crippen molar-refractivity contribution in [1.82, 2.24) is 4.90 Å². The zero-order chi connectivity index (χ0) is 13.5. The molecule has 0 spiro atoms. The van der Waals surface area contributed by atoms with Gasteiger partial charge in [-0.3, -0.25) is 4.79 Å². The molecule has 0 aliphatic carbocycles. The summed E-state index contributed by atoms with van der Waals surface area (Å²) in [5, 5.41) is 0.724. The van der Waals surface area contributed by atoms with E-state index in [0.717, 1.165) is 18.2 Å². The quantitative estimate of drug-likeness (QED) is 0.676. The molecule has 0 heterocycles. The molecular weight excluding hydrogens is 365 g/mol. The highest BCUT2D eigenvalue weighted by molar-refractivity contribution is 9.10. The van der Waals surface area contributed by atoms with Gasteiger partial charge in [0.25, 0.3) is 5.91 Å². The van der Waals surface area contributed by atoms with E-state index >= 15 is 0 Å². The lowest BCUT2D eigenvalue weighted by molar-refractivity contribution is 0.0764. The number of unbranched alkanes of at least 4 members (excludes halogenated alkanes) is 1. The molecule has 0 bridgehead atoms. The first-order valence-electron chi connectivity index (χ1n) is 5.90. The van der Waals surface area contributed by atoms with Crippen LogP contribution >= 0.6 is 31.9 Å². The number of nitrogens with zero attached hydrogens (tertiary/aromatic N) is 1. The van der Waals surface area contributed by atoms with Gasteiger partial charge in [-0.15, -0.1) is 0 Å². The van der Waals surface area contributed by atoms with Crippen LogP contribution in [0.15, 0.2) is 22.7 Å². The highest BCUT2D eigenvalue weighted by atomic mass is 79.9. The summed E-state index contributed by atoms with van der Waals surface area (Å²) in [6.45, 7) is 3.42. The number of amides is 1. The number of rotatable bonds is 6. The monoisotopic (exact) mass is 379 g/mol.